The Hall–Kier alpha value is -4.06. The van der Waals surface area contributed by atoms with Crippen LogP contribution in [0.15, 0.2) is 54.6 Å². The van der Waals surface area contributed by atoms with Gasteiger partial charge in [-0.25, -0.2) is 9.18 Å². The number of nitrogens with zero attached hydrogens (tertiary/aromatic N) is 3. The highest BCUT2D eigenvalue weighted by Crippen LogP contribution is 2.62. The molecule has 0 unspecified atom stereocenters. The maximum absolute atomic E-state index is 16.1. The number of nitro benzene ring substituents is 1. The molecule has 0 aromatic heterocycles. The molecule has 0 bridgehead atoms. The van der Waals surface area contributed by atoms with Crippen molar-refractivity contribution in [3.05, 3.63) is 97.3 Å². The summed E-state index contributed by atoms with van der Waals surface area (Å²) in [5.41, 5.74) is -0.921. The van der Waals surface area contributed by atoms with E-state index in [2.05, 4.69) is 5.32 Å². The average Bonchev–Trinajstić information content (AvgIpc) is 3.45. The van der Waals surface area contributed by atoms with Gasteiger partial charge in [0.25, 0.3) is 5.69 Å². The molecule has 3 heterocycles. The van der Waals surface area contributed by atoms with Crippen molar-refractivity contribution in [3.63, 3.8) is 0 Å². The van der Waals surface area contributed by atoms with E-state index < -0.39 is 57.6 Å². The highest BCUT2D eigenvalue weighted by Gasteiger charge is 2.69. The molecule has 13 heteroatoms. The number of ether oxygens (including phenoxy) is 1. The number of hydrogen-bond acceptors (Lipinski definition) is 7. The van der Waals surface area contributed by atoms with Crippen LogP contribution in [0.3, 0.4) is 0 Å². The van der Waals surface area contributed by atoms with Gasteiger partial charge in [-0.1, -0.05) is 62.7 Å². The molecule has 10 nitrogen and oxygen atoms in total. The lowest BCUT2D eigenvalue weighted by molar-refractivity contribution is -0.384. The Morgan fingerprint density at radius 2 is 1.91 bits per heavy atom. The molecule has 3 aliphatic rings. The van der Waals surface area contributed by atoms with E-state index in [1.54, 1.807) is 24.3 Å². The van der Waals surface area contributed by atoms with Gasteiger partial charge in [-0.05, 0) is 48.2 Å². The van der Waals surface area contributed by atoms with E-state index in [0.717, 1.165) is 13.2 Å². The smallest absolute Gasteiger partial charge is 0.338 e. The molecule has 242 valence electrons. The van der Waals surface area contributed by atoms with E-state index in [4.69, 9.17) is 27.9 Å². The van der Waals surface area contributed by atoms with E-state index in [0.29, 0.717) is 29.2 Å². The number of amides is 2. The number of methoxy groups -OCH3 is 1. The van der Waals surface area contributed by atoms with Crippen LogP contribution in [0.25, 0.3) is 0 Å². The molecule has 2 saturated heterocycles. The Morgan fingerprint density at radius 3 is 2.59 bits per heavy atom. The fourth-order valence-corrected chi connectivity index (χ4v) is 7.78. The van der Waals surface area contributed by atoms with Gasteiger partial charge in [-0.15, -0.1) is 0 Å². The maximum atomic E-state index is 16.1. The number of carbonyl (C=O) groups is 3. The molecule has 0 aliphatic carbocycles. The lowest BCUT2D eigenvalue weighted by atomic mass is 9.70. The second-order valence-electron chi connectivity index (χ2n) is 11.9. The number of fused-ring (bicyclic) bond motifs is 3. The molecule has 1 N–H and O–H groups in total. The number of likely N-dealkylation sites (tertiary alicyclic amines) is 1. The first-order valence-corrected chi connectivity index (χ1v) is 15.2. The van der Waals surface area contributed by atoms with E-state index >= 15 is 4.39 Å². The predicted molar refractivity (Wildman–Crippen MR) is 173 cm³/mol. The Kier molecular flexibility index (Phi) is 8.89. The zero-order valence-corrected chi connectivity index (χ0v) is 26.1. The molecule has 3 aliphatic heterocycles. The molecular formula is C33H33Cl2FN4O6. The van der Waals surface area contributed by atoms with Crippen LogP contribution in [0, 0.1) is 27.8 Å². The van der Waals surface area contributed by atoms with Crippen molar-refractivity contribution in [3.8, 4) is 0 Å². The second-order valence-corrected chi connectivity index (χ2v) is 12.7. The SMILES string of the molecule is C.COC(=O)c1ccc(N2CC[C@H]3[C@@H](C2=O)[C@H](c2cccc(Cl)c2F)[C@]2(C(=O)Nc4cc(Cl)ccc42)N3CC(C)C)c([N+](=O)[O-])c1. The van der Waals surface area contributed by atoms with Crippen LogP contribution < -0.4 is 10.2 Å². The minimum atomic E-state index is -1.52. The molecule has 46 heavy (non-hydrogen) atoms. The molecule has 1 spiro atoms. The summed E-state index contributed by atoms with van der Waals surface area (Å²) in [6.45, 7) is 4.48. The molecule has 3 aromatic carbocycles. The first-order chi connectivity index (χ1) is 21.4. The van der Waals surface area contributed by atoms with E-state index in [1.165, 1.54) is 29.2 Å². The molecule has 0 radical (unpaired) electrons. The Balaban J connectivity index is 0.00000417. The standard InChI is InChI=1S/C32H29Cl2FN4O6.CH4/c1-16(2)15-38-24-11-12-37(23-10-7-17(30(41)45-3)13-25(23)39(43)44)29(40)26(24)27(19-5-4-6-21(34)28(19)35)32(38)20-9-8-18(33)14-22(20)36-31(32)42;/h4-10,13-14,16,24,26-27H,11-12,15H2,1-3H3,(H,36,42);1H4/t24-,26+,27-,32+;/m0./s1. The minimum absolute atomic E-state index is 0. The number of hydrogen-bond donors (Lipinski definition) is 1. The Bertz CT molecular complexity index is 1770. The summed E-state index contributed by atoms with van der Waals surface area (Å²) in [4.78, 5) is 56.1. The average molecular weight is 672 g/mol. The quantitative estimate of drug-likeness (QED) is 0.174. The molecule has 6 rings (SSSR count). The van der Waals surface area contributed by atoms with E-state index in [1.807, 2.05) is 18.7 Å². The molecule has 4 atom stereocenters. The van der Waals surface area contributed by atoms with Crippen LogP contribution in [-0.4, -0.2) is 53.8 Å². The highest BCUT2D eigenvalue weighted by atomic mass is 35.5. The number of anilines is 2. The first kappa shape index (κ1) is 33.3. The van der Waals surface area contributed by atoms with Gasteiger partial charge in [0, 0.05) is 47.4 Å². The number of halogens is 3. The second kappa shape index (κ2) is 12.3. The van der Waals surface area contributed by atoms with Crippen molar-refractivity contribution >= 4 is 58.0 Å². The summed E-state index contributed by atoms with van der Waals surface area (Å²) >= 11 is 12.6. The van der Waals surface area contributed by atoms with Gasteiger partial charge < -0.3 is 15.0 Å². The molecule has 2 fully saturated rings. The van der Waals surface area contributed by atoms with E-state index in [9.17, 15) is 24.5 Å². The summed E-state index contributed by atoms with van der Waals surface area (Å²) in [6, 6.07) is 12.8. The van der Waals surface area contributed by atoms with Crippen molar-refractivity contribution in [2.24, 2.45) is 11.8 Å². The summed E-state index contributed by atoms with van der Waals surface area (Å²) in [7, 11) is 1.16. The van der Waals surface area contributed by atoms with Gasteiger partial charge in [0.1, 0.15) is 17.0 Å². The molecule has 3 aromatic rings. The Morgan fingerprint density at radius 1 is 1.17 bits per heavy atom. The molecule has 0 saturated carbocycles. The van der Waals surface area contributed by atoms with Gasteiger partial charge in [0.2, 0.25) is 11.8 Å². The molecule has 2 amide bonds. The zero-order chi connectivity index (χ0) is 32.4. The van der Waals surface area contributed by atoms with Gasteiger partial charge >= 0.3 is 5.97 Å². The number of benzene rings is 3. The minimum Gasteiger partial charge on any atom is -0.465 e. The normalized spacial score (nSPS) is 23.6. The summed E-state index contributed by atoms with van der Waals surface area (Å²) in [5, 5.41) is 15.4. The fourth-order valence-electron chi connectivity index (χ4n) is 7.43. The number of piperidine rings is 1. The van der Waals surface area contributed by atoms with E-state index in [-0.39, 0.29) is 41.7 Å². The Labute approximate surface area is 275 Å². The van der Waals surface area contributed by atoms with Crippen LogP contribution in [0.5, 0.6) is 0 Å². The first-order valence-electron chi connectivity index (χ1n) is 14.4. The number of nitrogens with one attached hydrogen (secondary N) is 1. The molecular weight excluding hydrogens is 638 g/mol. The van der Waals surface area contributed by atoms with Crippen molar-refractivity contribution < 1.29 is 28.4 Å². The van der Waals surface area contributed by atoms with Gasteiger partial charge in [0.05, 0.1) is 28.5 Å². The zero-order valence-electron chi connectivity index (χ0n) is 24.6. The summed E-state index contributed by atoms with van der Waals surface area (Å²) in [6.07, 6.45) is 0.329. The van der Waals surface area contributed by atoms with Crippen molar-refractivity contribution in [2.45, 2.75) is 45.2 Å². The highest BCUT2D eigenvalue weighted by molar-refractivity contribution is 6.31. The lowest BCUT2D eigenvalue weighted by Crippen LogP contribution is -2.54. The predicted octanol–water partition coefficient (Wildman–Crippen LogP) is 6.79. The van der Waals surface area contributed by atoms with Gasteiger partial charge in [-0.2, -0.15) is 0 Å². The third-order valence-electron chi connectivity index (χ3n) is 9.03. The largest absolute Gasteiger partial charge is 0.465 e. The van der Waals surface area contributed by atoms with Crippen LogP contribution in [-0.2, 0) is 19.9 Å². The third kappa shape index (κ3) is 4.92. The monoisotopic (exact) mass is 670 g/mol. The summed E-state index contributed by atoms with van der Waals surface area (Å²) in [5.74, 6) is -4.46. The summed E-state index contributed by atoms with van der Waals surface area (Å²) < 4.78 is 20.8. The van der Waals surface area contributed by atoms with Crippen molar-refractivity contribution in [2.75, 3.05) is 30.4 Å². The van der Waals surface area contributed by atoms with Gasteiger partial charge in [0.15, 0.2) is 0 Å². The van der Waals surface area contributed by atoms with Gasteiger partial charge in [-0.3, -0.25) is 24.6 Å². The number of rotatable bonds is 6. The van der Waals surface area contributed by atoms with Crippen LogP contribution in [0.4, 0.5) is 21.5 Å². The fraction of sp³-hybridized carbons (Fsp3) is 0.364. The number of carbonyl (C=O) groups excluding carboxylic acids is 3. The van der Waals surface area contributed by atoms with Crippen molar-refractivity contribution in [1.82, 2.24) is 4.90 Å². The topological polar surface area (TPSA) is 122 Å². The van der Waals surface area contributed by atoms with Crippen LogP contribution in [0.1, 0.15) is 55.1 Å². The lowest BCUT2D eigenvalue weighted by Gasteiger charge is -2.41. The third-order valence-corrected chi connectivity index (χ3v) is 9.55. The number of nitro groups is 1. The van der Waals surface area contributed by atoms with Crippen LogP contribution >= 0.6 is 23.2 Å². The maximum Gasteiger partial charge on any atom is 0.338 e. The number of esters is 1. The van der Waals surface area contributed by atoms with Crippen molar-refractivity contribution in [1.29, 1.82) is 0 Å². The van der Waals surface area contributed by atoms with Crippen LogP contribution in [0.2, 0.25) is 10.0 Å².